The molecule has 4 heteroatoms. The van der Waals surface area contributed by atoms with Gasteiger partial charge in [-0.3, -0.25) is 4.79 Å². The summed E-state index contributed by atoms with van der Waals surface area (Å²) in [5, 5.41) is 10.5. The molecule has 0 fully saturated rings. The van der Waals surface area contributed by atoms with Gasteiger partial charge in [0, 0.05) is 18.0 Å². The highest BCUT2D eigenvalue weighted by Gasteiger charge is 2.21. The van der Waals surface area contributed by atoms with Crippen LogP contribution in [0, 0.1) is 11.3 Å². The Balaban J connectivity index is 2.84. The number of rotatable bonds is 6. The van der Waals surface area contributed by atoms with E-state index in [-0.39, 0.29) is 11.9 Å². The van der Waals surface area contributed by atoms with E-state index in [1.807, 2.05) is 4.90 Å². The van der Waals surface area contributed by atoms with Gasteiger partial charge in [-0.15, -0.1) is 11.3 Å². The van der Waals surface area contributed by atoms with Crippen molar-refractivity contribution in [3.05, 3.63) is 21.9 Å². The first-order valence-corrected chi connectivity index (χ1v) is 7.31. The first-order chi connectivity index (χ1) is 8.63. The van der Waals surface area contributed by atoms with E-state index in [0.717, 1.165) is 25.8 Å². The Morgan fingerprint density at radius 2 is 2.28 bits per heavy atom. The van der Waals surface area contributed by atoms with Gasteiger partial charge in [-0.25, -0.2) is 0 Å². The van der Waals surface area contributed by atoms with Crippen LogP contribution < -0.4 is 0 Å². The molecule has 1 amide bonds. The van der Waals surface area contributed by atoms with E-state index in [9.17, 15) is 4.79 Å². The van der Waals surface area contributed by atoms with Crippen LogP contribution in [0.2, 0.25) is 0 Å². The van der Waals surface area contributed by atoms with Crippen LogP contribution in [0.25, 0.3) is 0 Å². The highest BCUT2D eigenvalue weighted by Crippen LogP contribution is 2.19. The number of hydrogen-bond acceptors (Lipinski definition) is 3. The maximum Gasteiger partial charge on any atom is 0.264 e. The van der Waals surface area contributed by atoms with Gasteiger partial charge in [0.05, 0.1) is 10.4 Å². The fraction of sp³-hybridized carbons (Fsp3) is 0.571. The van der Waals surface area contributed by atoms with Crippen LogP contribution in [0.3, 0.4) is 0 Å². The molecule has 1 aromatic rings. The van der Waals surface area contributed by atoms with Crippen molar-refractivity contribution in [2.45, 2.75) is 46.1 Å². The van der Waals surface area contributed by atoms with E-state index >= 15 is 0 Å². The van der Waals surface area contributed by atoms with Crippen molar-refractivity contribution in [3.63, 3.8) is 0 Å². The summed E-state index contributed by atoms with van der Waals surface area (Å²) in [5.74, 6) is 0.0595. The molecule has 0 unspecified atom stereocenters. The molecule has 0 N–H and O–H groups in total. The summed E-state index contributed by atoms with van der Waals surface area (Å²) in [5.41, 5.74) is 0.572. The van der Waals surface area contributed by atoms with Crippen LogP contribution in [0.15, 0.2) is 11.4 Å². The average molecular weight is 264 g/mol. The van der Waals surface area contributed by atoms with E-state index in [2.05, 4.69) is 26.8 Å². The topological polar surface area (TPSA) is 44.1 Å². The van der Waals surface area contributed by atoms with Crippen molar-refractivity contribution in [1.82, 2.24) is 4.90 Å². The highest BCUT2D eigenvalue weighted by atomic mass is 32.1. The number of carbonyl (C=O) groups is 1. The summed E-state index contributed by atoms with van der Waals surface area (Å²) >= 11 is 1.36. The standard InChI is InChI=1S/C14H20N2OS/c1-4-6-7-16(11(3)5-2)14(17)13-8-12(9-15)10-18-13/h8,10-11H,4-7H2,1-3H3/t11-/m1/s1. The summed E-state index contributed by atoms with van der Waals surface area (Å²) in [6, 6.07) is 4.00. The molecule has 0 radical (unpaired) electrons. The Labute approximate surface area is 113 Å². The number of unbranched alkanes of at least 4 members (excludes halogenated alkanes) is 1. The van der Waals surface area contributed by atoms with Crippen LogP contribution in [-0.2, 0) is 0 Å². The van der Waals surface area contributed by atoms with Crippen LogP contribution in [0.5, 0.6) is 0 Å². The summed E-state index contributed by atoms with van der Waals surface area (Å²) in [6.45, 7) is 7.08. The number of nitrogens with zero attached hydrogens (tertiary/aromatic N) is 2. The maximum absolute atomic E-state index is 12.4. The minimum Gasteiger partial charge on any atom is -0.335 e. The number of nitriles is 1. The van der Waals surface area contributed by atoms with Crippen molar-refractivity contribution >= 4 is 17.2 Å². The van der Waals surface area contributed by atoms with Crippen molar-refractivity contribution in [1.29, 1.82) is 5.26 Å². The molecule has 0 saturated carbocycles. The van der Waals surface area contributed by atoms with E-state index in [0.29, 0.717) is 10.4 Å². The van der Waals surface area contributed by atoms with E-state index < -0.39 is 0 Å². The third-order valence-corrected chi connectivity index (χ3v) is 3.99. The van der Waals surface area contributed by atoms with Gasteiger partial charge in [-0.1, -0.05) is 20.3 Å². The van der Waals surface area contributed by atoms with Gasteiger partial charge in [0.15, 0.2) is 0 Å². The molecule has 0 aliphatic rings. The van der Waals surface area contributed by atoms with Crippen molar-refractivity contribution < 1.29 is 4.79 Å². The van der Waals surface area contributed by atoms with Crippen molar-refractivity contribution in [2.24, 2.45) is 0 Å². The Morgan fingerprint density at radius 1 is 1.56 bits per heavy atom. The zero-order valence-electron chi connectivity index (χ0n) is 11.3. The van der Waals surface area contributed by atoms with Gasteiger partial charge in [-0.2, -0.15) is 5.26 Å². The number of hydrogen-bond donors (Lipinski definition) is 0. The molecule has 0 spiro atoms. The third kappa shape index (κ3) is 3.58. The molecule has 1 aromatic heterocycles. The zero-order chi connectivity index (χ0) is 13.5. The van der Waals surface area contributed by atoms with Crippen molar-refractivity contribution in [3.8, 4) is 6.07 Å². The van der Waals surface area contributed by atoms with E-state index in [1.54, 1.807) is 11.4 Å². The fourth-order valence-corrected chi connectivity index (χ4v) is 2.51. The molecule has 1 rings (SSSR count). The molecule has 1 heterocycles. The second kappa shape index (κ2) is 7.17. The lowest BCUT2D eigenvalue weighted by Crippen LogP contribution is -2.38. The first-order valence-electron chi connectivity index (χ1n) is 6.43. The van der Waals surface area contributed by atoms with Gasteiger partial charge in [0.25, 0.3) is 5.91 Å². The molecule has 0 aliphatic heterocycles. The maximum atomic E-state index is 12.4. The molecule has 0 bridgehead atoms. The molecule has 0 aliphatic carbocycles. The largest absolute Gasteiger partial charge is 0.335 e. The monoisotopic (exact) mass is 264 g/mol. The van der Waals surface area contributed by atoms with Crippen molar-refractivity contribution in [2.75, 3.05) is 6.54 Å². The van der Waals surface area contributed by atoms with Gasteiger partial charge in [0.2, 0.25) is 0 Å². The molecule has 1 atom stereocenters. The normalized spacial score (nSPS) is 11.9. The van der Waals surface area contributed by atoms with E-state index in [1.165, 1.54) is 11.3 Å². The molecule has 3 nitrogen and oxygen atoms in total. The number of amides is 1. The summed E-state index contributed by atoms with van der Waals surface area (Å²) in [6.07, 6.45) is 3.05. The summed E-state index contributed by atoms with van der Waals surface area (Å²) < 4.78 is 0. The predicted molar refractivity (Wildman–Crippen MR) is 74.7 cm³/mol. The molecule has 0 aromatic carbocycles. The predicted octanol–water partition coefficient (Wildman–Crippen LogP) is 3.66. The quantitative estimate of drug-likeness (QED) is 0.787. The molecule has 98 valence electrons. The second-order valence-electron chi connectivity index (χ2n) is 4.42. The van der Waals surface area contributed by atoms with E-state index in [4.69, 9.17) is 5.26 Å². The fourth-order valence-electron chi connectivity index (χ4n) is 1.72. The smallest absolute Gasteiger partial charge is 0.264 e. The first kappa shape index (κ1) is 14.7. The summed E-state index contributed by atoms with van der Waals surface area (Å²) in [4.78, 5) is 15.0. The Morgan fingerprint density at radius 3 is 2.78 bits per heavy atom. The Hall–Kier alpha value is -1.34. The average Bonchev–Trinajstić information content (AvgIpc) is 2.87. The number of carbonyl (C=O) groups excluding carboxylic acids is 1. The van der Waals surface area contributed by atoms with Crippen LogP contribution >= 0.6 is 11.3 Å². The molecular formula is C14H20N2OS. The van der Waals surface area contributed by atoms with Crippen LogP contribution in [0.1, 0.15) is 55.3 Å². The van der Waals surface area contributed by atoms with Gasteiger partial charge in [-0.05, 0) is 25.8 Å². The zero-order valence-corrected chi connectivity index (χ0v) is 12.1. The highest BCUT2D eigenvalue weighted by molar-refractivity contribution is 7.12. The van der Waals surface area contributed by atoms with Crippen LogP contribution in [-0.4, -0.2) is 23.4 Å². The molecule has 18 heavy (non-hydrogen) atoms. The van der Waals surface area contributed by atoms with Gasteiger partial charge in [0.1, 0.15) is 6.07 Å². The Bertz CT molecular complexity index is 433. The van der Waals surface area contributed by atoms with Gasteiger partial charge < -0.3 is 4.90 Å². The van der Waals surface area contributed by atoms with Gasteiger partial charge >= 0.3 is 0 Å². The lowest BCUT2D eigenvalue weighted by atomic mass is 10.2. The molecule has 0 saturated heterocycles. The summed E-state index contributed by atoms with van der Waals surface area (Å²) in [7, 11) is 0. The minimum absolute atomic E-state index is 0.0595. The number of thiophene rings is 1. The third-order valence-electron chi connectivity index (χ3n) is 3.08. The minimum atomic E-state index is 0.0595. The molecular weight excluding hydrogens is 244 g/mol. The second-order valence-corrected chi connectivity index (χ2v) is 5.33. The lowest BCUT2D eigenvalue weighted by molar-refractivity contribution is 0.0690. The van der Waals surface area contributed by atoms with Crippen LogP contribution in [0.4, 0.5) is 0 Å². The lowest BCUT2D eigenvalue weighted by Gasteiger charge is -2.28. The Kier molecular flexibility index (Phi) is 5.87. The SMILES string of the molecule is CCCCN(C(=O)c1cc(C#N)cs1)[C@H](C)CC.